The van der Waals surface area contributed by atoms with Gasteiger partial charge in [0.15, 0.2) is 5.76 Å². The molecule has 34 heavy (non-hydrogen) atoms. The molecule has 4 rings (SSSR count). The smallest absolute Gasteiger partial charge is 0.286 e. The number of nitrogens with zero attached hydrogens (tertiary/aromatic N) is 1. The van der Waals surface area contributed by atoms with Crippen molar-refractivity contribution in [1.82, 2.24) is 15.3 Å². The molecule has 8 nitrogen and oxygen atoms in total. The lowest BCUT2D eigenvalue weighted by molar-refractivity contribution is -0.166. The number of hydrogen-bond donors (Lipinski definition) is 3. The Labute approximate surface area is 198 Å². The summed E-state index contributed by atoms with van der Waals surface area (Å²) in [6, 6.07) is 15.5. The molecule has 0 aliphatic carbocycles. The molecular formula is C26H31N3O5. The van der Waals surface area contributed by atoms with E-state index in [1.54, 1.807) is 7.11 Å². The van der Waals surface area contributed by atoms with Crippen LogP contribution in [0, 0.1) is 5.92 Å². The summed E-state index contributed by atoms with van der Waals surface area (Å²) in [5, 5.41) is 12.3. The Bertz CT molecular complexity index is 1090. The number of imidazole rings is 1. The summed E-state index contributed by atoms with van der Waals surface area (Å²) >= 11 is 0. The maximum Gasteiger partial charge on any atom is 0.286 e. The molecule has 3 aromatic rings. The zero-order valence-electron chi connectivity index (χ0n) is 19.5. The van der Waals surface area contributed by atoms with Crippen LogP contribution in [0.4, 0.5) is 0 Å². The number of carbonyl (C=O) groups excluding carboxylic acids is 1. The van der Waals surface area contributed by atoms with Crippen molar-refractivity contribution in [2.45, 2.75) is 38.5 Å². The van der Waals surface area contributed by atoms with Gasteiger partial charge in [-0.1, -0.05) is 24.3 Å². The quantitative estimate of drug-likeness (QED) is 0.422. The molecular weight excluding hydrogens is 434 g/mol. The molecule has 8 heteroatoms. The van der Waals surface area contributed by atoms with Gasteiger partial charge in [-0.3, -0.25) is 4.79 Å². The number of aliphatic hydroxyl groups excluding tert-OH is 1. The summed E-state index contributed by atoms with van der Waals surface area (Å²) < 4.78 is 17.2. The van der Waals surface area contributed by atoms with Crippen molar-refractivity contribution >= 4 is 16.9 Å². The summed E-state index contributed by atoms with van der Waals surface area (Å²) in [6.45, 7) is 2.67. The largest absolute Gasteiger partial charge is 0.497 e. The highest BCUT2D eigenvalue weighted by Crippen LogP contribution is 2.39. The van der Waals surface area contributed by atoms with Crippen LogP contribution in [0.5, 0.6) is 5.75 Å². The third-order valence-corrected chi connectivity index (χ3v) is 5.99. The predicted octanol–water partition coefficient (Wildman–Crippen LogP) is 3.64. The fourth-order valence-corrected chi connectivity index (χ4v) is 4.31. The first kappa shape index (κ1) is 23.8. The van der Waals surface area contributed by atoms with Gasteiger partial charge in [-0.2, -0.15) is 0 Å². The Hall–Kier alpha value is -3.36. The first-order valence-electron chi connectivity index (χ1n) is 11.6. The molecule has 1 aromatic heterocycles. The fraction of sp³-hybridized carbons (Fsp3) is 0.385. The van der Waals surface area contributed by atoms with E-state index in [0.29, 0.717) is 25.3 Å². The van der Waals surface area contributed by atoms with Crippen molar-refractivity contribution in [3.8, 4) is 5.75 Å². The van der Waals surface area contributed by atoms with E-state index in [2.05, 4.69) is 15.3 Å². The molecule has 1 aliphatic rings. The molecule has 0 spiro atoms. The van der Waals surface area contributed by atoms with Gasteiger partial charge in [0.2, 0.25) is 6.29 Å². The van der Waals surface area contributed by atoms with Crippen molar-refractivity contribution in [3.05, 3.63) is 71.8 Å². The van der Waals surface area contributed by atoms with Gasteiger partial charge in [0.1, 0.15) is 11.6 Å². The molecule has 1 aliphatic heterocycles. The van der Waals surface area contributed by atoms with Crippen LogP contribution in [0.25, 0.3) is 11.0 Å². The van der Waals surface area contributed by atoms with Gasteiger partial charge in [-0.15, -0.1) is 0 Å². The molecule has 3 atom stereocenters. The Morgan fingerprint density at radius 1 is 1.21 bits per heavy atom. The second kappa shape index (κ2) is 11.2. The minimum Gasteiger partial charge on any atom is -0.497 e. The average molecular weight is 466 g/mol. The third-order valence-electron chi connectivity index (χ3n) is 5.99. The number of allylic oxidation sites excluding steroid dienone is 1. The van der Waals surface area contributed by atoms with Crippen molar-refractivity contribution in [2.75, 3.05) is 20.3 Å². The van der Waals surface area contributed by atoms with Crippen LogP contribution in [0.15, 0.2) is 60.4 Å². The number of fused-ring (bicyclic) bond motifs is 1. The normalized spacial score (nSPS) is 20.0. The lowest BCUT2D eigenvalue weighted by atomic mass is 9.80. The molecule has 0 saturated carbocycles. The summed E-state index contributed by atoms with van der Waals surface area (Å²) in [5.74, 6) is 1.15. The van der Waals surface area contributed by atoms with Gasteiger partial charge in [-0.25, -0.2) is 4.98 Å². The van der Waals surface area contributed by atoms with E-state index in [-0.39, 0.29) is 36.7 Å². The Balaban J connectivity index is 1.56. The summed E-state index contributed by atoms with van der Waals surface area (Å²) in [6.07, 6.45) is 2.57. The lowest BCUT2D eigenvalue weighted by Crippen LogP contribution is -2.39. The molecule has 2 heterocycles. The van der Waals surface area contributed by atoms with Gasteiger partial charge in [0.05, 0.1) is 24.7 Å². The highest BCUT2D eigenvalue weighted by atomic mass is 16.7. The zero-order valence-corrected chi connectivity index (χ0v) is 19.5. The van der Waals surface area contributed by atoms with Gasteiger partial charge in [0.25, 0.3) is 5.91 Å². The van der Waals surface area contributed by atoms with Crippen molar-refractivity contribution in [3.63, 3.8) is 0 Å². The van der Waals surface area contributed by atoms with E-state index in [1.807, 2.05) is 61.5 Å². The topological polar surface area (TPSA) is 106 Å². The fourth-order valence-electron chi connectivity index (χ4n) is 4.31. The number of methoxy groups -OCH3 is 1. The number of benzene rings is 2. The number of nitrogens with one attached hydrogen (secondary N) is 2. The van der Waals surface area contributed by atoms with Gasteiger partial charge in [-0.05, 0) is 55.7 Å². The minimum atomic E-state index is -0.597. The first-order valence-corrected chi connectivity index (χ1v) is 11.6. The average Bonchev–Trinajstić information content (AvgIpc) is 3.29. The number of aromatic amines is 1. The van der Waals surface area contributed by atoms with Gasteiger partial charge in [0, 0.05) is 25.0 Å². The molecule has 180 valence electrons. The number of aliphatic hydroxyl groups is 1. The second-order valence-corrected chi connectivity index (χ2v) is 8.18. The predicted molar refractivity (Wildman–Crippen MR) is 128 cm³/mol. The molecule has 0 fully saturated rings. The SMILES string of the molecule is CCO[C@H]1OC(C(=O)NCc2nc3ccccc3[nH]2)=C[C@@H](c2ccc(OC)cc2)[C@H]1CCCO. The van der Waals surface area contributed by atoms with Crippen LogP contribution in [0.1, 0.15) is 37.1 Å². The van der Waals surface area contributed by atoms with E-state index in [0.717, 1.165) is 22.3 Å². The van der Waals surface area contributed by atoms with Crippen LogP contribution in [0.2, 0.25) is 0 Å². The van der Waals surface area contributed by atoms with E-state index < -0.39 is 6.29 Å². The molecule has 0 radical (unpaired) electrons. The van der Waals surface area contributed by atoms with Crippen LogP contribution in [-0.2, 0) is 20.8 Å². The number of H-pyrrole nitrogens is 1. The van der Waals surface area contributed by atoms with E-state index in [9.17, 15) is 9.90 Å². The van der Waals surface area contributed by atoms with Crippen molar-refractivity contribution < 1.29 is 24.1 Å². The molecule has 0 bridgehead atoms. The number of para-hydroxylation sites is 2. The summed E-state index contributed by atoms with van der Waals surface area (Å²) in [5.41, 5.74) is 2.80. The van der Waals surface area contributed by atoms with E-state index in [1.165, 1.54) is 0 Å². The molecule has 0 saturated heterocycles. The summed E-state index contributed by atoms with van der Waals surface area (Å²) in [4.78, 5) is 20.8. The van der Waals surface area contributed by atoms with Crippen LogP contribution < -0.4 is 10.1 Å². The maximum atomic E-state index is 13.1. The number of amides is 1. The van der Waals surface area contributed by atoms with Gasteiger partial charge < -0.3 is 29.6 Å². The van der Waals surface area contributed by atoms with Crippen LogP contribution >= 0.6 is 0 Å². The number of rotatable bonds is 10. The van der Waals surface area contributed by atoms with Crippen molar-refractivity contribution in [2.24, 2.45) is 5.92 Å². The highest BCUT2D eigenvalue weighted by molar-refractivity contribution is 5.91. The van der Waals surface area contributed by atoms with E-state index >= 15 is 0 Å². The number of aromatic nitrogens is 2. The number of hydrogen-bond acceptors (Lipinski definition) is 6. The first-order chi connectivity index (χ1) is 16.6. The van der Waals surface area contributed by atoms with Gasteiger partial charge >= 0.3 is 0 Å². The second-order valence-electron chi connectivity index (χ2n) is 8.18. The molecule has 2 aromatic carbocycles. The van der Waals surface area contributed by atoms with Crippen LogP contribution in [0.3, 0.4) is 0 Å². The Morgan fingerprint density at radius 2 is 2.00 bits per heavy atom. The molecule has 3 N–H and O–H groups in total. The third kappa shape index (κ3) is 5.40. The zero-order chi connectivity index (χ0) is 23.9. The lowest BCUT2D eigenvalue weighted by Gasteiger charge is -2.37. The monoisotopic (exact) mass is 465 g/mol. The standard InChI is InChI=1S/C26H31N3O5/c1-3-33-26-19(7-6-14-30)20(17-10-12-18(32-2)13-11-17)15-23(34-26)25(31)27-16-24-28-21-8-4-5-9-22(21)29-24/h4-5,8-13,15,19-20,26,30H,3,6-7,14,16H2,1-2H3,(H,27,31)(H,28,29)/t19-,20+,26+/m1/s1. The molecule has 0 unspecified atom stereocenters. The number of ether oxygens (including phenoxy) is 3. The Morgan fingerprint density at radius 3 is 2.71 bits per heavy atom. The highest BCUT2D eigenvalue weighted by Gasteiger charge is 2.37. The van der Waals surface area contributed by atoms with Crippen molar-refractivity contribution in [1.29, 1.82) is 0 Å². The summed E-state index contributed by atoms with van der Waals surface area (Å²) in [7, 11) is 1.63. The minimum absolute atomic E-state index is 0.0487. The molecule has 1 amide bonds. The maximum absolute atomic E-state index is 13.1. The Kier molecular flexibility index (Phi) is 7.82. The number of carbonyl (C=O) groups is 1. The van der Waals surface area contributed by atoms with Crippen LogP contribution in [-0.4, -0.2) is 47.6 Å². The van der Waals surface area contributed by atoms with E-state index in [4.69, 9.17) is 14.2 Å².